The molecule has 132 valence electrons. The second kappa shape index (κ2) is 11.7. The Morgan fingerprint density at radius 3 is 2.30 bits per heavy atom. The monoisotopic (exact) mass is 432 g/mol. The van der Waals surface area contributed by atoms with Crippen LogP contribution in [-0.2, 0) is 6.54 Å². The molecule has 0 aliphatic heterocycles. The Hall–Kier alpha value is -0.820. The number of nitrogens with one attached hydrogen (secondary N) is 2. The van der Waals surface area contributed by atoms with Crippen molar-refractivity contribution < 1.29 is 0 Å². The van der Waals surface area contributed by atoms with Crippen LogP contribution in [0, 0.1) is 6.92 Å². The van der Waals surface area contributed by atoms with Crippen LogP contribution in [-0.4, -0.2) is 43.1 Å². The Balaban J connectivity index is 0.00000484. The third kappa shape index (κ3) is 8.55. The second-order valence-corrected chi connectivity index (χ2v) is 6.27. The molecule has 5 heteroatoms. The number of aliphatic imine (C=N–C) groups is 1. The van der Waals surface area contributed by atoms with Crippen molar-refractivity contribution in [2.24, 2.45) is 4.99 Å². The Morgan fingerprint density at radius 1 is 1.13 bits per heavy atom. The van der Waals surface area contributed by atoms with Gasteiger partial charge in [0.1, 0.15) is 0 Å². The van der Waals surface area contributed by atoms with Crippen molar-refractivity contribution in [2.75, 3.05) is 20.1 Å². The lowest BCUT2D eigenvalue weighted by atomic mass is 10.1. The van der Waals surface area contributed by atoms with Gasteiger partial charge in [-0.3, -0.25) is 9.89 Å². The predicted octanol–water partition coefficient (Wildman–Crippen LogP) is 3.40. The Bertz CT molecular complexity index is 464. The van der Waals surface area contributed by atoms with Gasteiger partial charge in [0.05, 0.1) is 0 Å². The summed E-state index contributed by atoms with van der Waals surface area (Å²) in [7, 11) is 1.81. The normalized spacial score (nSPS) is 11.8. The van der Waals surface area contributed by atoms with Gasteiger partial charge in [-0.25, -0.2) is 0 Å². The van der Waals surface area contributed by atoms with E-state index in [-0.39, 0.29) is 24.0 Å². The highest BCUT2D eigenvalue weighted by molar-refractivity contribution is 14.0. The first-order valence-corrected chi connectivity index (χ1v) is 8.19. The lowest BCUT2D eigenvalue weighted by Gasteiger charge is -2.30. The van der Waals surface area contributed by atoms with Gasteiger partial charge in [-0.1, -0.05) is 29.8 Å². The van der Waals surface area contributed by atoms with Gasteiger partial charge < -0.3 is 10.6 Å². The van der Waals surface area contributed by atoms with E-state index < -0.39 is 0 Å². The maximum atomic E-state index is 4.29. The van der Waals surface area contributed by atoms with E-state index in [9.17, 15) is 0 Å². The average Bonchev–Trinajstić information content (AvgIpc) is 2.45. The van der Waals surface area contributed by atoms with E-state index in [0.717, 1.165) is 25.6 Å². The van der Waals surface area contributed by atoms with Crippen molar-refractivity contribution >= 4 is 29.9 Å². The summed E-state index contributed by atoms with van der Waals surface area (Å²) in [5.41, 5.74) is 2.56. The summed E-state index contributed by atoms with van der Waals surface area (Å²) in [4.78, 5) is 6.76. The van der Waals surface area contributed by atoms with E-state index >= 15 is 0 Å². The Kier molecular flexibility index (Phi) is 11.3. The van der Waals surface area contributed by atoms with Crippen LogP contribution in [0.15, 0.2) is 29.3 Å². The van der Waals surface area contributed by atoms with Crippen molar-refractivity contribution in [3.63, 3.8) is 0 Å². The molecule has 1 aromatic rings. The van der Waals surface area contributed by atoms with E-state index in [2.05, 4.69) is 79.4 Å². The zero-order valence-electron chi connectivity index (χ0n) is 15.4. The molecular formula is C18H33IN4. The third-order valence-electron chi connectivity index (χ3n) is 3.76. The molecule has 1 rings (SSSR count). The molecule has 0 aliphatic rings. The van der Waals surface area contributed by atoms with Crippen LogP contribution in [0.4, 0.5) is 0 Å². The minimum Gasteiger partial charge on any atom is -0.355 e. The molecule has 0 amide bonds. The van der Waals surface area contributed by atoms with Gasteiger partial charge in [-0.05, 0) is 40.2 Å². The van der Waals surface area contributed by atoms with Crippen molar-refractivity contribution in [2.45, 2.75) is 53.2 Å². The molecule has 4 nitrogen and oxygen atoms in total. The van der Waals surface area contributed by atoms with Crippen molar-refractivity contribution in [3.8, 4) is 0 Å². The fraction of sp³-hybridized carbons (Fsp3) is 0.611. The summed E-state index contributed by atoms with van der Waals surface area (Å²) >= 11 is 0. The van der Waals surface area contributed by atoms with Crippen molar-refractivity contribution in [1.82, 2.24) is 15.5 Å². The lowest BCUT2D eigenvalue weighted by Crippen LogP contribution is -2.45. The van der Waals surface area contributed by atoms with Crippen LogP contribution in [0.5, 0.6) is 0 Å². The first-order valence-electron chi connectivity index (χ1n) is 8.19. The molecule has 0 radical (unpaired) electrons. The van der Waals surface area contributed by atoms with E-state index in [1.165, 1.54) is 11.1 Å². The number of nitrogens with zero attached hydrogens (tertiary/aromatic N) is 2. The maximum Gasteiger partial charge on any atom is 0.191 e. The molecule has 0 saturated heterocycles. The van der Waals surface area contributed by atoms with Gasteiger partial charge in [-0.15, -0.1) is 24.0 Å². The molecule has 23 heavy (non-hydrogen) atoms. The fourth-order valence-electron chi connectivity index (χ4n) is 2.64. The van der Waals surface area contributed by atoms with Gasteiger partial charge >= 0.3 is 0 Å². The zero-order valence-corrected chi connectivity index (χ0v) is 17.7. The summed E-state index contributed by atoms with van der Waals surface area (Å²) in [6, 6.07) is 9.65. The number of benzene rings is 1. The summed E-state index contributed by atoms with van der Waals surface area (Å²) in [6.45, 7) is 13.8. The SMILES string of the molecule is CN=C(NCCN(C(C)C)C(C)C)NCc1cccc(C)c1.I. The molecule has 0 aliphatic carbocycles. The molecule has 0 heterocycles. The van der Waals surface area contributed by atoms with Crippen LogP contribution in [0.1, 0.15) is 38.8 Å². The molecule has 0 unspecified atom stereocenters. The van der Waals surface area contributed by atoms with Gasteiger partial charge in [0.15, 0.2) is 5.96 Å². The maximum absolute atomic E-state index is 4.29. The van der Waals surface area contributed by atoms with Crippen LogP contribution in [0.25, 0.3) is 0 Å². The lowest BCUT2D eigenvalue weighted by molar-refractivity contribution is 0.178. The molecule has 0 fully saturated rings. The number of halogens is 1. The van der Waals surface area contributed by atoms with Crippen molar-refractivity contribution in [3.05, 3.63) is 35.4 Å². The van der Waals surface area contributed by atoms with E-state index in [0.29, 0.717) is 12.1 Å². The van der Waals surface area contributed by atoms with E-state index in [4.69, 9.17) is 0 Å². The highest BCUT2D eigenvalue weighted by atomic mass is 127. The predicted molar refractivity (Wildman–Crippen MR) is 112 cm³/mol. The van der Waals surface area contributed by atoms with E-state index in [1.807, 2.05) is 7.05 Å². The molecule has 0 atom stereocenters. The molecular weight excluding hydrogens is 399 g/mol. The fourth-order valence-corrected chi connectivity index (χ4v) is 2.64. The second-order valence-electron chi connectivity index (χ2n) is 6.27. The van der Waals surface area contributed by atoms with Crippen LogP contribution >= 0.6 is 24.0 Å². The summed E-state index contributed by atoms with van der Waals surface area (Å²) in [5, 5.41) is 6.76. The number of hydrogen-bond acceptors (Lipinski definition) is 2. The number of guanidine groups is 1. The average molecular weight is 432 g/mol. The number of aryl methyl sites for hydroxylation is 1. The highest BCUT2D eigenvalue weighted by Gasteiger charge is 2.12. The van der Waals surface area contributed by atoms with Crippen molar-refractivity contribution in [1.29, 1.82) is 0 Å². The van der Waals surface area contributed by atoms with Crippen LogP contribution in [0.3, 0.4) is 0 Å². The Labute approximate surface area is 159 Å². The standard InChI is InChI=1S/C18H32N4.HI/c1-14(2)22(15(3)4)11-10-20-18(19-6)21-13-17-9-7-8-16(5)12-17;/h7-9,12,14-15H,10-11,13H2,1-6H3,(H2,19,20,21);1H. The highest BCUT2D eigenvalue weighted by Crippen LogP contribution is 2.04. The first-order chi connectivity index (χ1) is 10.4. The van der Waals surface area contributed by atoms with E-state index in [1.54, 1.807) is 0 Å². The molecule has 2 N–H and O–H groups in total. The van der Waals surface area contributed by atoms with Gasteiger partial charge in [-0.2, -0.15) is 0 Å². The topological polar surface area (TPSA) is 39.7 Å². The third-order valence-corrected chi connectivity index (χ3v) is 3.76. The summed E-state index contributed by atoms with van der Waals surface area (Å²) in [5.74, 6) is 0.856. The van der Waals surface area contributed by atoms with Crippen LogP contribution < -0.4 is 10.6 Å². The Morgan fingerprint density at radius 2 is 1.78 bits per heavy atom. The minimum atomic E-state index is 0. The number of rotatable bonds is 7. The largest absolute Gasteiger partial charge is 0.355 e. The smallest absolute Gasteiger partial charge is 0.191 e. The minimum absolute atomic E-state index is 0. The zero-order chi connectivity index (χ0) is 16.5. The summed E-state index contributed by atoms with van der Waals surface area (Å²) < 4.78 is 0. The van der Waals surface area contributed by atoms with Gasteiger partial charge in [0, 0.05) is 38.8 Å². The molecule has 0 bridgehead atoms. The molecule has 0 aromatic heterocycles. The van der Waals surface area contributed by atoms with Gasteiger partial charge in [0.2, 0.25) is 0 Å². The molecule has 0 saturated carbocycles. The quantitative estimate of drug-likeness (QED) is 0.394. The molecule has 0 spiro atoms. The summed E-state index contributed by atoms with van der Waals surface area (Å²) in [6.07, 6.45) is 0. The number of hydrogen-bond donors (Lipinski definition) is 2. The first kappa shape index (κ1) is 22.2. The van der Waals surface area contributed by atoms with Crippen LogP contribution in [0.2, 0.25) is 0 Å². The van der Waals surface area contributed by atoms with Gasteiger partial charge in [0.25, 0.3) is 0 Å². The molecule has 1 aromatic carbocycles.